The van der Waals surface area contributed by atoms with E-state index in [2.05, 4.69) is 26.1 Å². The van der Waals surface area contributed by atoms with E-state index in [1.54, 1.807) is 28.9 Å². The first-order chi connectivity index (χ1) is 13.0. The summed E-state index contributed by atoms with van der Waals surface area (Å²) in [6.07, 6.45) is 3.71. The number of ether oxygens (including phenoxy) is 1. The number of aromatic nitrogens is 4. The lowest BCUT2D eigenvalue weighted by Gasteiger charge is -2.15. The first-order valence-corrected chi connectivity index (χ1v) is 9.45. The van der Waals surface area contributed by atoms with Crippen molar-refractivity contribution in [2.45, 2.75) is 33.7 Å². The van der Waals surface area contributed by atoms with Gasteiger partial charge in [0, 0.05) is 42.6 Å². The van der Waals surface area contributed by atoms with Crippen LogP contribution in [0.3, 0.4) is 0 Å². The molecule has 0 N–H and O–H groups in total. The Bertz CT molecular complexity index is 917. The van der Waals surface area contributed by atoms with Crippen molar-refractivity contribution in [2.24, 2.45) is 0 Å². The topological polar surface area (TPSA) is 65.2 Å². The molecule has 0 atom stereocenters. The van der Waals surface area contributed by atoms with E-state index in [1.165, 1.54) is 0 Å². The molecule has 0 saturated carbocycles. The predicted molar refractivity (Wildman–Crippen MR) is 105 cm³/mol. The highest BCUT2D eigenvalue weighted by Crippen LogP contribution is 2.16. The van der Waals surface area contributed by atoms with Gasteiger partial charge >= 0.3 is 0 Å². The van der Waals surface area contributed by atoms with E-state index in [1.807, 2.05) is 49.0 Å². The molecule has 3 aromatic rings. The number of halogens is 1. The van der Waals surface area contributed by atoms with E-state index in [0.29, 0.717) is 12.2 Å². The van der Waals surface area contributed by atoms with Crippen LogP contribution in [-0.4, -0.2) is 37.4 Å². The average molecular weight is 432 g/mol. The molecule has 2 heterocycles. The molecule has 0 unspecified atom stereocenters. The number of amides is 1. The molecule has 7 nitrogen and oxygen atoms in total. The van der Waals surface area contributed by atoms with Crippen LogP contribution in [0.5, 0.6) is 5.75 Å². The minimum Gasteiger partial charge on any atom is -0.471 e. The monoisotopic (exact) mass is 431 g/mol. The summed E-state index contributed by atoms with van der Waals surface area (Å²) in [5, 5.41) is 8.74. The third-order valence-electron chi connectivity index (χ3n) is 4.16. The molecule has 0 fully saturated rings. The summed E-state index contributed by atoms with van der Waals surface area (Å²) in [6, 6.07) is 9.25. The van der Waals surface area contributed by atoms with Crippen LogP contribution in [0.4, 0.5) is 0 Å². The lowest BCUT2D eigenvalue weighted by atomic mass is 10.2. The van der Waals surface area contributed by atoms with Crippen LogP contribution in [0.15, 0.2) is 47.2 Å². The van der Waals surface area contributed by atoms with Gasteiger partial charge in [0.25, 0.3) is 5.91 Å². The summed E-state index contributed by atoms with van der Waals surface area (Å²) in [4.78, 5) is 14.3. The maximum absolute atomic E-state index is 12.6. The molecule has 0 radical (unpaired) electrons. The minimum absolute atomic E-state index is 0.138. The van der Waals surface area contributed by atoms with Gasteiger partial charge in [-0.2, -0.15) is 10.2 Å². The van der Waals surface area contributed by atoms with E-state index in [9.17, 15) is 4.79 Å². The van der Waals surface area contributed by atoms with Gasteiger partial charge in [0.15, 0.2) is 12.4 Å². The van der Waals surface area contributed by atoms with Gasteiger partial charge in [0.05, 0.1) is 5.69 Å². The maximum atomic E-state index is 12.6. The van der Waals surface area contributed by atoms with Crippen molar-refractivity contribution in [1.29, 1.82) is 0 Å². The molecule has 1 amide bonds. The molecule has 0 aliphatic heterocycles. The zero-order valence-electron chi connectivity index (χ0n) is 15.6. The molecule has 27 heavy (non-hydrogen) atoms. The van der Waals surface area contributed by atoms with E-state index < -0.39 is 0 Å². The van der Waals surface area contributed by atoms with Gasteiger partial charge in [0.1, 0.15) is 5.75 Å². The van der Waals surface area contributed by atoms with E-state index in [0.717, 1.165) is 28.0 Å². The fourth-order valence-corrected chi connectivity index (χ4v) is 2.88. The highest BCUT2D eigenvalue weighted by Gasteiger charge is 2.17. The summed E-state index contributed by atoms with van der Waals surface area (Å²) >= 11 is 3.39. The summed E-state index contributed by atoms with van der Waals surface area (Å²) in [7, 11) is 1.77. The fraction of sp³-hybridized carbons (Fsp3) is 0.316. The van der Waals surface area contributed by atoms with E-state index >= 15 is 0 Å². The number of benzene rings is 1. The van der Waals surface area contributed by atoms with Gasteiger partial charge in [-0.3, -0.25) is 9.48 Å². The van der Waals surface area contributed by atoms with Crippen molar-refractivity contribution < 1.29 is 9.53 Å². The smallest absolute Gasteiger partial charge is 0.274 e. The quantitative estimate of drug-likeness (QED) is 0.574. The van der Waals surface area contributed by atoms with Crippen molar-refractivity contribution in [3.63, 3.8) is 0 Å². The van der Waals surface area contributed by atoms with Gasteiger partial charge < -0.3 is 9.64 Å². The number of nitrogens with zero attached hydrogens (tertiary/aromatic N) is 5. The van der Waals surface area contributed by atoms with Crippen LogP contribution in [-0.2, 0) is 19.8 Å². The van der Waals surface area contributed by atoms with Crippen molar-refractivity contribution in [2.75, 3.05) is 7.05 Å². The number of carbonyl (C=O) groups excluding carboxylic acids is 1. The molecule has 0 saturated heterocycles. The van der Waals surface area contributed by atoms with Crippen LogP contribution in [0.25, 0.3) is 0 Å². The van der Waals surface area contributed by atoms with Crippen molar-refractivity contribution in [3.05, 3.63) is 64.1 Å². The Balaban J connectivity index is 1.59. The van der Waals surface area contributed by atoms with Gasteiger partial charge in [-0.15, -0.1) is 0 Å². The van der Waals surface area contributed by atoms with Crippen LogP contribution in [0.2, 0.25) is 0 Å². The Morgan fingerprint density at radius 3 is 2.59 bits per heavy atom. The number of aryl methyl sites for hydroxylation is 2. The van der Waals surface area contributed by atoms with E-state index in [4.69, 9.17) is 4.74 Å². The van der Waals surface area contributed by atoms with Crippen LogP contribution >= 0.6 is 15.9 Å². The standard InChI is InChI=1S/C19H22BrN5O2/c1-4-24-12-15(14(2)21-24)11-23(3)19(26)18-9-10-25(22-18)13-27-17-7-5-16(20)6-8-17/h5-10,12H,4,11,13H2,1-3H3. The maximum Gasteiger partial charge on any atom is 0.274 e. The Morgan fingerprint density at radius 2 is 1.93 bits per heavy atom. The fourth-order valence-electron chi connectivity index (χ4n) is 2.62. The molecule has 2 aromatic heterocycles. The predicted octanol–water partition coefficient (Wildman–Crippen LogP) is 3.48. The molecular formula is C19H22BrN5O2. The highest BCUT2D eigenvalue weighted by molar-refractivity contribution is 9.10. The summed E-state index contributed by atoms with van der Waals surface area (Å²) < 4.78 is 10.1. The number of hydrogen-bond acceptors (Lipinski definition) is 4. The SMILES string of the molecule is CCn1cc(CN(C)C(=O)c2ccn(COc3ccc(Br)cc3)n2)c(C)n1. The van der Waals surface area contributed by atoms with E-state index in [-0.39, 0.29) is 12.6 Å². The lowest BCUT2D eigenvalue weighted by Crippen LogP contribution is -2.27. The molecule has 1 aromatic carbocycles. The Kier molecular flexibility index (Phi) is 5.95. The van der Waals surface area contributed by atoms with Gasteiger partial charge in [-0.1, -0.05) is 15.9 Å². The zero-order chi connectivity index (χ0) is 19.4. The first-order valence-electron chi connectivity index (χ1n) is 8.66. The summed E-state index contributed by atoms with van der Waals surface area (Å²) in [5.74, 6) is 0.600. The largest absolute Gasteiger partial charge is 0.471 e. The normalized spacial score (nSPS) is 10.8. The molecule has 3 rings (SSSR count). The molecular weight excluding hydrogens is 410 g/mol. The second kappa shape index (κ2) is 8.39. The Morgan fingerprint density at radius 1 is 1.19 bits per heavy atom. The molecule has 0 spiro atoms. The molecule has 0 aliphatic rings. The summed E-state index contributed by atoms with van der Waals surface area (Å²) in [6.45, 7) is 5.53. The molecule has 142 valence electrons. The third-order valence-corrected chi connectivity index (χ3v) is 4.69. The Hall–Kier alpha value is -2.61. The highest BCUT2D eigenvalue weighted by atomic mass is 79.9. The van der Waals surface area contributed by atoms with Crippen molar-refractivity contribution in [1.82, 2.24) is 24.5 Å². The van der Waals surface area contributed by atoms with Gasteiger partial charge in [-0.05, 0) is 44.2 Å². The summed E-state index contributed by atoms with van der Waals surface area (Å²) in [5.41, 5.74) is 2.35. The molecule has 8 heteroatoms. The van der Waals surface area contributed by atoms with Gasteiger partial charge in [-0.25, -0.2) is 4.68 Å². The minimum atomic E-state index is -0.138. The lowest BCUT2D eigenvalue weighted by molar-refractivity contribution is 0.0777. The van der Waals surface area contributed by atoms with Gasteiger partial charge in [0.2, 0.25) is 0 Å². The van der Waals surface area contributed by atoms with Crippen LogP contribution in [0.1, 0.15) is 28.7 Å². The van der Waals surface area contributed by atoms with Crippen molar-refractivity contribution >= 4 is 21.8 Å². The zero-order valence-corrected chi connectivity index (χ0v) is 17.2. The number of carbonyl (C=O) groups is 1. The van der Waals surface area contributed by atoms with Crippen molar-refractivity contribution in [3.8, 4) is 5.75 Å². The molecule has 0 aliphatic carbocycles. The van der Waals surface area contributed by atoms with Crippen LogP contribution < -0.4 is 4.74 Å². The number of hydrogen-bond donors (Lipinski definition) is 0. The average Bonchev–Trinajstić information content (AvgIpc) is 3.27. The first kappa shape index (κ1) is 19.2. The second-order valence-corrected chi connectivity index (χ2v) is 7.14. The Labute approximate surface area is 166 Å². The second-order valence-electron chi connectivity index (χ2n) is 6.22. The molecule has 0 bridgehead atoms. The van der Waals surface area contributed by atoms with Crippen LogP contribution in [0, 0.1) is 6.92 Å². The third kappa shape index (κ3) is 4.77. The number of rotatable bonds is 7.